The van der Waals surface area contributed by atoms with Crippen molar-refractivity contribution in [3.8, 4) is 0 Å². The maximum absolute atomic E-state index is 5.48. The summed E-state index contributed by atoms with van der Waals surface area (Å²) in [5.74, 6) is 0.977. The van der Waals surface area contributed by atoms with Gasteiger partial charge in [0.15, 0.2) is 5.13 Å². The van der Waals surface area contributed by atoms with Gasteiger partial charge in [-0.1, -0.05) is 34.7 Å². The third-order valence-electron chi connectivity index (χ3n) is 5.54. The minimum atomic E-state index is 0.491. The van der Waals surface area contributed by atoms with E-state index in [1.165, 1.54) is 0 Å². The Kier molecular flexibility index (Phi) is 4.89. The Balaban J connectivity index is 1.35. The van der Waals surface area contributed by atoms with Crippen molar-refractivity contribution in [1.82, 2.24) is 35.0 Å². The van der Waals surface area contributed by atoms with Gasteiger partial charge in [-0.3, -0.25) is 0 Å². The molecule has 0 radical (unpaired) electrons. The Morgan fingerprint density at radius 3 is 2.06 bits per heavy atom. The molecule has 32 heavy (non-hydrogen) atoms. The number of anilines is 2. The van der Waals surface area contributed by atoms with Crippen LogP contribution in [0.4, 0.5) is 10.9 Å². The van der Waals surface area contributed by atoms with Gasteiger partial charge >= 0.3 is 0 Å². The van der Waals surface area contributed by atoms with Crippen molar-refractivity contribution in [2.24, 2.45) is 0 Å². The Labute approximate surface area is 187 Å². The normalized spacial score (nSPS) is 14.4. The van der Waals surface area contributed by atoms with Crippen molar-refractivity contribution in [2.45, 2.75) is 13.3 Å². The van der Waals surface area contributed by atoms with E-state index in [9.17, 15) is 0 Å². The van der Waals surface area contributed by atoms with Crippen LogP contribution in [0.15, 0.2) is 53.9 Å². The molecule has 0 amide bonds. The van der Waals surface area contributed by atoms with Gasteiger partial charge in [0, 0.05) is 18.5 Å². The zero-order chi connectivity index (χ0) is 21.3. The first kappa shape index (κ1) is 19.1. The first-order valence-electron chi connectivity index (χ1n) is 10.4. The van der Waals surface area contributed by atoms with Gasteiger partial charge in [-0.15, -0.1) is 21.5 Å². The van der Waals surface area contributed by atoms with Gasteiger partial charge in [-0.25, -0.2) is 14.3 Å². The number of nitrogens with zero attached hydrogens (tertiary/aromatic N) is 9. The molecule has 1 aliphatic rings. The summed E-state index contributed by atoms with van der Waals surface area (Å²) in [7, 11) is 0. The summed E-state index contributed by atoms with van der Waals surface area (Å²) in [6.07, 6.45) is 0. The number of thiazole rings is 1. The average Bonchev–Trinajstić information content (AvgIpc) is 3.59. The van der Waals surface area contributed by atoms with Gasteiger partial charge in [0.25, 0.3) is 0 Å². The molecule has 6 rings (SSSR count). The Hall–Kier alpha value is -3.57. The number of morpholine rings is 1. The van der Waals surface area contributed by atoms with E-state index >= 15 is 0 Å². The van der Waals surface area contributed by atoms with Crippen LogP contribution in [0, 0.1) is 0 Å². The summed E-state index contributed by atoms with van der Waals surface area (Å²) in [5.41, 5.74) is 3.69. The monoisotopic (exact) mass is 447 g/mol. The predicted molar refractivity (Wildman–Crippen MR) is 123 cm³/mol. The van der Waals surface area contributed by atoms with Gasteiger partial charge in [0.1, 0.15) is 30.2 Å². The molecule has 0 saturated carbocycles. The minimum absolute atomic E-state index is 0.491. The van der Waals surface area contributed by atoms with E-state index < -0.39 is 0 Å². The summed E-state index contributed by atoms with van der Waals surface area (Å²) in [5, 5.41) is 20.4. The van der Waals surface area contributed by atoms with Crippen molar-refractivity contribution >= 4 is 44.4 Å². The molecule has 0 N–H and O–H groups in total. The molecule has 4 heterocycles. The van der Waals surface area contributed by atoms with Crippen LogP contribution in [0.2, 0.25) is 0 Å². The lowest BCUT2D eigenvalue weighted by Crippen LogP contribution is -2.36. The molecular weight excluding hydrogens is 426 g/mol. The molecule has 0 unspecified atom stereocenters. The lowest BCUT2D eigenvalue weighted by atomic mass is 10.3. The average molecular weight is 448 g/mol. The van der Waals surface area contributed by atoms with Crippen molar-refractivity contribution in [3.05, 3.63) is 53.9 Å². The molecular formula is C21H21N9OS. The molecule has 0 atom stereocenters. The second-order valence-corrected chi connectivity index (χ2v) is 8.40. The Morgan fingerprint density at radius 1 is 0.844 bits per heavy atom. The Morgan fingerprint density at radius 2 is 1.44 bits per heavy atom. The zero-order valence-corrected chi connectivity index (χ0v) is 18.1. The van der Waals surface area contributed by atoms with Gasteiger partial charge < -0.3 is 14.5 Å². The van der Waals surface area contributed by atoms with Crippen LogP contribution >= 0.6 is 11.3 Å². The second-order valence-electron chi connectivity index (χ2n) is 7.57. The van der Waals surface area contributed by atoms with E-state index in [0.29, 0.717) is 13.3 Å². The van der Waals surface area contributed by atoms with Crippen LogP contribution in [-0.2, 0) is 18.1 Å². The van der Waals surface area contributed by atoms with Crippen LogP contribution in [0.3, 0.4) is 0 Å². The molecule has 1 aliphatic heterocycles. The first-order chi connectivity index (χ1) is 15.8. The number of ether oxygens (including phenoxy) is 1. The standard InChI is InChI=1S/C21H21N9OS/c1-3-7-18-16(5-1)23-25-29(18)14-28(15-30-19-8-4-2-6-17(19)24-26-30)21-22-20(13-32-21)27-9-11-31-12-10-27/h1-8,13H,9-12,14-15H2. The lowest BCUT2D eigenvalue weighted by Gasteiger charge is -2.27. The third kappa shape index (κ3) is 3.55. The summed E-state index contributed by atoms with van der Waals surface area (Å²) in [6.45, 7) is 4.14. The predicted octanol–water partition coefficient (Wildman–Crippen LogP) is 2.59. The molecule has 162 valence electrons. The smallest absolute Gasteiger partial charge is 0.190 e. The van der Waals surface area contributed by atoms with Crippen LogP contribution in [0.5, 0.6) is 0 Å². The number of fused-ring (bicyclic) bond motifs is 2. The van der Waals surface area contributed by atoms with Crippen LogP contribution in [0.1, 0.15) is 0 Å². The maximum Gasteiger partial charge on any atom is 0.190 e. The topological polar surface area (TPSA) is 90.0 Å². The van der Waals surface area contributed by atoms with E-state index in [1.54, 1.807) is 11.3 Å². The lowest BCUT2D eigenvalue weighted by molar-refractivity contribution is 0.122. The number of benzene rings is 2. The fraction of sp³-hybridized carbons (Fsp3) is 0.286. The van der Waals surface area contributed by atoms with Crippen LogP contribution in [-0.4, -0.2) is 61.3 Å². The fourth-order valence-electron chi connectivity index (χ4n) is 3.87. The van der Waals surface area contributed by atoms with E-state index in [0.717, 1.165) is 59.3 Å². The molecule has 3 aromatic heterocycles. The molecule has 0 spiro atoms. The van der Waals surface area contributed by atoms with Crippen LogP contribution in [0.25, 0.3) is 22.1 Å². The van der Waals surface area contributed by atoms with E-state index in [2.05, 4.69) is 35.8 Å². The highest BCUT2D eigenvalue weighted by Gasteiger charge is 2.20. The SMILES string of the molecule is c1ccc2c(c1)nnn2CN(Cn1nnc2ccccc21)c1nc(N2CCOCC2)cs1. The molecule has 11 heteroatoms. The summed E-state index contributed by atoms with van der Waals surface area (Å²) in [6, 6.07) is 15.9. The minimum Gasteiger partial charge on any atom is -0.378 e. The van der Waals surface area contributed by atoms with Crippen molar-refractivity contribution < 1.29 is 4.74 Å². The molecule has 1 fully saturated rings. The number of hydrogen-bond donors (Lipinski definition) is 0. The molecule has 1 saturated heterocycles. The number of aromatic nitrogens is 7. The molecule has 10 nitrogen and oxygen atoms in total. The summed E-state index contributed by atoms with van der Waals surface area (Å²) in [4.78, 5) is 9.36. The molecule has 2 aromatic carbocycles. The molecule has 0 bridgehead atoms. The number of hydrogen-bond acceptors (Lipinski definition) is 9. The molecule has 0 aliphatic carbocycles. The second kappa shape index (κ2) is 8.17. The van der Waals surface area contributed by atoms with Crippen LogP contribution < -0.4 is 9.80 Å². The highest BCUT2D eigenvalue weighted by Crippen LogP contribution is 2.28. The highest BCUT2D eigenvalue weighted by atomic mass is 32.1. The number of para-hydroxylation sites is 2. The highest BCUT2D eigenvalue weighted by molar-refractivity contribution is 7.14. The van der Waals surface area contributed by atoms with Gasteiger partial charge in [-0.05, 0) is 24.3 Å². The van der Waals surface area contributed by atoms with E-state index in [1.807, 2.05) is 57.9 Å². The van der Waals surface area contributed by atoms with Gasteiger partial charge in [0.2, 0.25) is 0 Å². The quantitative estimate of drug-likeness (QED) is 0.392. The van der Waals surface area contributed by atoms with Gasteiger partial charge in [0.05, 0.1) is 24.2 Å². The zero-order valence-electron chi connectivity index (χ0n) is 17.3. The number of rotatable bonds is 6. The maximum atomic E-state index is 5.48. The molecule has 5 aromatic rings. The van der Waals surface area contributed by atoms with Gasteiger partial charge in [-0.2, -0.15) is 0 Å². The van der Waals surface area contributed by atoms with Crippen molar-refractivity contribution in [1.29, 1.82) is 0 Å². The first-order valence-corrected chi connectivity index (χ1v) is 11.3. The Bertz CT molecular complexity index is 1280. The third-order valence-corrected chi connectivity index (χ3v) is 6.42. The summed E-state index contributed by atoms with van der Waals surface area (Å²) < 4.78 is 9.27. The van der Waals surface area contributed by atoms with Crippen molar-refractivity contribution in [3.63, 3.8) is 0 Å². The van der Waals surface area contributed by atoms with E-state index in [-0.39, 0.29) is 0 Å². The van der Waals surface area contributed by atoms with E-state index in [4.69, 9.17) is 9.72 Å². The summed E-state index contributed by atoms with van der Waals surface area (Å²) >= 11 is 1.62. The van der Waals surface area contributed by atoms with Crippen molar-refractivity contribution in [2.75, 3.05) is 36.1 Å². The fourth-order valence-corrected chi connectivity index (χ4v) is 4.70. The largest absolute Gasteiger partial charge is 0.378 e.